The van der Waals surface area contributed by atoms with E-state index in [2.05, 4.69) is 33.0 Å². The highest BCUT2D eigenvalue weighted by atomic mass is 35.5. The van der Waals surface area contributed by atoms with Gasteiger partial charge in [-0.1, -0.05) is 17.7 Å². The first kappa shape index (κ1) is 20.6. The minimum Gasteiger partial charge on any atom is -0.495 e. The van der Waals surface area contributed by atoms with Crippen molar-refractivity contribution in [3.05, 3.63) is 45.6 Å². The van der Waals surface area contributed by atoms with Crippen molar-refractivity contribution in [2.45, 2.75) is 19.4 Å². The number of hydrogen-bond donors (Lipinski definition) is 2. The van der Waals surface area contributed by atoms with Crippen LogP contribution in [0.25, 0.3) is 0 Å². The number of methoxy groups -OCH3 is 1. The van der Waals surface area contributed by atoms with Crippen molar-refractivity contribution in [2.24, 2.45) is 5.92 Å². The lowest BCUT2D eigenvalue weighted by Crippen LogP contribution is -2.41. The van der Waals surface area contributed by atoms with Crippen molar-refractivity contribution < 1.29 is 14.3 Å². The van der Waals surface area contributed by atoms with Crippen LogP contribution in [0, 0.1) is 5.92 Å². The van der Waals surface area contributed by atoms with Gasteiger partial charge in [0.05, 0.1) is 12.8 Å². The molecule has 2 heterocycles. The Kier molecular flexibility index (Phi) is 7.30. The number of halogens is 1. The molecule has 1 aliphatic rings. The summed E-state index contributed by atoms with van der Waals surface area (Å²) in [4.78, 5) is 28.1. The van der Waals surface area contributed by atoms with Gasteiger partial charge in [-0.05, 0) is 61.5 Å². The van der Waals surface area contributed by atoms with E-state index in [1.165, 1.54) is 12.0 Å². The van der Waals surface area contributed by atoms with Crippen LogP contribution in [0.2, 0.25) is 5.02 Å². The van der Waals surface area contributed by atoms with E-state index in [1.54, 1.807) is 29.5 Å². The lowest BCUT2D eigenvalue weighted by Gasteiger charge is -2.31. The predicted molar refractivity (Wildman–Crippen MR) is 112 cm³/mol. The lowest BCUT2D eigenvalue weighted by atomic mass is 9.97. The third-order valence-electron chi connectivity index (χ3n) is 4.83. The number of carbonyl (C=O) groups is 2. The maximum Gasteiger partial charge on any atom is 0.313 e. The molecule has 1 aromatic carbocycles. The molecule has 3 rings (SSSR count). The van der Waals surface area contributed by atoms with E-state index in [4.69, 9.17) is 16.3 Å². The van der Waals surface area contributed by atoms with E-state index in [1.807, 2.05) is 0 Å². The summed E-state index contributed by atoms with van der Waals surface area (Å²) in [5.41, 5.74) is 0.372. The number of nitrogens with one attached hydrogen (secondary N) is 2. The second kappa shape index (κ2) is 9.91. The molecule has 2 N–H and O–H groups in total. The van der Waals surface area contributed by atoms with Crippen LogP contribution in [0.15, 0.2) is 35.7 Å². The Morgan fingerprint density at radius 3 is 2.71 bits per heavy atom. The summed E-state index contributed by atoms with van der Waals surface area (Å²) in [5, 5.41) is 7.85. The second-order valence-corrected chi connectivity index (χ2v) is 8.28. The zero-order valence-corrected chi connectivity index (χ0v) is 17.3. The fourth-order valence-corrected chi connectivity index (χ4v) is 4.16. The Morgan fingerprint density at radius 1 is 1.25 bits per heavy atom. The van der Waals surface area contributed by atoms with Crippen molar-refractivity contribution in [2.75, 3.05) is 32.1 Å². The topological polar surface area (TPSA) is 70.7 Å². The van der Waals surface area contributed by atoms with Crippen molar-refractivity contribution in [3.8, 4) is 5.75 Å². The van der Waals surface area contributed by atoms with E-state index in [-0.39, 0.29) is 0 Å². The highest BCUT2D eigenvalue weighted by Crippen LogP contribution is 2.27. The summed E-state index contributed by atoms with van der Waals surface area (Å²) >= 11 is 7.72. The maximum atomic E-state index is 12.2. The summed E-state index contributed by atoms with van der Waals surface area (Å²) < 4.78 is 5.17. The third-order valence-corrected chi connectivity index (χ3v) is 5.93. The Morgan fingerprint density at radius 2 is 2.04 bits per heavy atom. The highest BCUT2D eigenvalue weighted by molar-refractivity contribution is 7.09. The fraction of sp³-hybridized carbons (Fsp3) is 0.400. The van der Waals surface area contributed by atoms with Crippen molar-refractivity contribution in [3.63, 3.8) is 0 Å². The molecule has 8 heteroatoms. The molecule has 0 atom stereocenters. The van der Waals surface area contributed by atoms with E-state index < -0.39 is 11.8 Å². The molecule has 0 spiro atoms. The summed E-state index contributed by atoms with van der Waals surface area (Å²) in [6, 6.07) is 9.08. The van der Waals surface area contributed by atoms with Gasteiger partial charge in [0.15, 0.2) is 0 Å². The molecule has 150 valence electrons. The van der Waals surface area contributed by atoms with Crippen molar-refractivity contribution in [1.82, 2.24) is 10.2 Å². The van der Waals surface area contributed by atoms with E-state index >= 15 is 0 Å². The van der Waals surface area contributed by atoms with Crippen molar-refractivity contribution >= 4 is 40.4 Å². The molecule has 0 unspecified atom stereocenters. The van der Waals surface area contributed by atoms with Gasteiger partial charge in [-0.25, -0.2) is 0 Å². The first-order valence-corrected chi connectivity index (χ1v) is 10.5. The van der Waals surface area contributed by atoms with Gasteiger partial charge in [-0.2, -0.15) is 0 Å². The van der Waals surface area contributed by atoms with Crippen LogP contribution in [0.1, 0.15) is 17.7 Å². The number of nitrogens with zero attached hydrogens (tertiary/aromatic N) is 1. The zero-order valence-electron chi connectivity index (χ0n) is 15.7. The number of piperidine rings is 1. The first-order chi connectivity index (χ1) is 13.5. The number of ether oxygens (including phenoxy) is 1. The number of likely N-dealkylation sites (tertiary alicyclic amines) is 1. The van der Waals surface area contributed by atoms with E-state index in [0.29, 0.717) is 28.9 Å². The minimum atomic E-state index is -0.726. The molecule has 0 aliphatic carbocycles. The Hall–Kier alpha value is -2.09. The number of anilines is 1. The third kappa shape index (κ3) is 5.70. The fourth-order valence-electron chi connectivity index (χ4n) is 3.25. The molecular weight excluding hydrogens is 398 g/mol. The number of carbonyl (C=O) groups excluding carboxylic acids is 2. The van der Waals surface area contributed by atoms with Gasteiger partial charge in [0.25, 0.3) is 0 Å². The average molecular weight is 422 g/mol. The molecule has 1 aromatic heterocycles. The molecule has 1 fully saturated rings. The van der Waals surface area contributed by atoms with Crippen LogP contribution in [0.5, 0.6) is 5.75 Å². The van der Waals surface area contributed by atoms with Crippen LogP contribution >= 0.6 is 22.9 Å². The van der Waals surface area contributed by atoms with E-state index in [0.717, 1.165) is 32.5 Å². The van der Waals surface area contributed by atoms with Gasteiger partial charge in [0.1, 0.15) is 5.75 Å². The summed E-state index contributed by atoms with van der Waals surface area (Å²) in [5.74, 6) is -0.542. The van der Waals surface area contributed by atoms with Crippen LogP contribution in [-0.4, -0.2) is 43.5 Å². The van der Waals surface area contributed by atoms with Gasteiger partial charge in [0.2, 0.25) is 0 Å². The smallest absolute Gasteiger partial charge is 0.313 e. The highest BCUT2D eigenvalue weighted by Gasteiger charge is 2.22. The lowest BCUT2D eigenvalue weighted by molar-refractivity contribution is -0.136. The monoisotopic (exact) mass is 421 g/mol. The molecule has 6 nitrogen and oxygen atoms in total. The van der Waals surface area contributed by atoms with Crippen LogP contribution in [-0.2, 0) is 16.1 Å². The standard InChI is InChI=1S/C20H24ClN3O3S/c1-27-18-5-4-15(21)11-17(18)23-20(26)19(25)22-12-14-6-8-24(9-7-14)13-16-3-2-10-28-16/h2-5,10-11,14H,6-9,12-13H2,1H3,(H,22,25)(H,23,26). The normalized spacial score (nSPS) is 15.2. The zero-order chi connectivity index (χ0) is 19.9. The minimum absolute atomic E-state index is 0.372. The van der Waals surface area contributed by atoms with E-state index in [9.17, 15) is 9.59 Å². The van der Waals surface area contributed by atoms with Gasteiger partial charge in [-0.15, -0.1) is 11.3 Å². The SMILES string of the molecule is COc1ccc(Cl)cc1NC(=O)C(=O)NCC1CCN(Cc2cccs2)CC1. The molecule has 2 amide bonds. The Labute approximate surface area is 173 Å². The molecule has 1 saturated heterocycles. The molecule has 2 aromatic rings. The number of amides is 2. The van der Waals surface area contributed by atoms with Gasteiger partial charge in [-0.3, -0.25) is 14.5 Å². The number of benzene rings is 1. The van der Waals surface area contributed by atoms with Crippen LogP contribution in [0.4, 0.5) is 5.69 Å². The van der Waals surface area contributed by atoms with Crippen molar-refractivity contribution in [1.29, 1.82) is 0 Å². The average Bonchev–Trinajstić information content (AvgIpc) is 3.20. The van der Waals surface area contributed by atoms with Gasteiger partial charge < -0.3 is 15.4 Å². The quantitative estimate of drug-likeness (QED) is 0.701. The number of hydrogen-bond acceptors (Lipinski definition) is 5. The Bertz CT molecular complexity index is 805. The summed E-state index contributed by atoms with van der Waals surface area (Å²) in [6.07, 6.45) is 2.02. The molecule has 0 radical (unpaired) electrons. The Balaban J connectivity index is 1.42. The molecule has 1 aliphatic heterocycles. The van der Waals surface area contributed by atoms with Gasteiger partial charge in [0, 0.05) is 23.0 Å². The molecule has 0 saturated carbocycles. The largest absolute Gasteiger partial charge is 0.495 e. The maximum absolute atomic E-state index is 12.2. The summed E-state index contributed by atoms with van der Waals surface area (Å²) in [7, 11) is 1.49. The molecule has 0 bridgehead atoms. The second-order valence-electron chi connectivity index (χ2n) is 6.81. The predicted octanol–water partition coefficient (Wildman–Crippen LogP) is 3.38. The number of rotatable bonds is 6. The van der Waals surface area contributed by atoms with Crippen LogP contribution < -0.4 is 15.4 Å². The molecular formula is C20H24ClN3O3S. The number of thiophene rings is 1. The van der Waals surface area contributed by atoms with Crippen LogP contribution in [0.3, 0.4) is 0 Å². The first-order valence-electron chi connectivity index (χ1n) is 9.22. The molecule has 28 heavy (non-hydrogen) atoms. The van der Waals surface area contributed by atoms with Gasteiger partial charge >= 0.3 is 11.8 Å². The summed E-state index contributed by atoms with van der Waals surface area (Å²) in [6.45, 7) is 3.50.